The van der Waals surface area contributed by atoms with Gasteiger partial charge in [-0.1, -0.05) is 101 Å². The van der Waals surface area contributed by atoms with E-state index < -0.39 is 92.5 Å². The first-order valence-electron chi connectivity index (χ1n) is 21.0. The molecule has 62 heavy (non-hydrogen) atoms. The van der Waals surface area contributed by atoms with Gasteiger partial charge in [-0.3, -0.25) is 30.9 Å². The van der Waals surface area contributed by atoms with Gasteiger partial charge in [0.15, 0.2) is 0 Å². The minimum Gasteiger partial charge on any atom is -0.382 e. The zero-order valence-electron chi connectivity index (χ0n) is 37.3. The normalized spacial score (nSPS) is 17.9. The molecule has 0 saturated heterocycles. The van der Waals surface area contributed by atoms with E-state index >= 15 is 0 Å². The summed E-state index contributed by atoms with van der Waals surface area (Å²) in [6.07, 6.45) is -3.18. The fourth-order valence-electron chi connectivity index (χ4n) is 6.53. The summed E-state index contributed by atoms with van der Waals surface area (Å²) in [4.78, 5) is 24.8. The van der Waals surface area contributed by atoms with Gasteiger partial charge in [0.25, 0.3) is 11.8 Å². The van der Waals surface area contributed by atoms with Crippen molar-refractivity contribution in [2.75, 3.05) is 37.1 Å². The number of sulfone groups is 2. The van der Waals surface area contributed by atoms with Crippen LogP contribution in [0, 0.1) is 11.8 Å². The van der Waals surface area contributed by atoms with Crippen molar-refractivity contribution in [3.8, 4) is 0 Å². The number of benzene rings is 2. The maximum absolute atomic E-state index is 12.4. The summed E-state index contributed by atoms with van der Waals surface area (Å²) in [5.41, 5.74) is 1.97. The molecule has 356 valence electrons. The van der Waals surface area contributed by atoms with Crippen molar-refractivity contribution in [3.05, 3.63) is 71.8 Å². The van der Waals surface area contributed by atoms with Gasteiger partial charge in [0.1, 0.15) is 56.8 Å². The van der Waals surface area contributed by atoms with Gasteiger partial charge in [0.05, 0.1) is 24.6 Å². The molecule has 0 heterocycles. The lowest BCUT2D eigenvalue weighted by Gasteiger charge is -2.29. The lowest BCUT2D eigenvalue weighted by Crippen LogP contribution is -2.54. The number of amides is 2. The fraction of sp³-hybridized carbons (Fsp3) is 0.667. The van der Waals surface area contributed by atoms with Gasteiger partial charge in [-0.15, -0.1) is 0 Å². The highest BCUT2D eigenvalue weighted by Crippen LogP contribution is 2.14. The summed E-state index contributed by atoms with van der Waals surface area (Å²) in [5.74, 6) is -3.06. The molecule has 0 radical (unpaired) electrons. The first kappa shape index (κ1) is 56.9. The fourth-order valence-corrected chi connectivity index (χ4v) is 8.81. The summed E-state index contributed by atoms with van der Waals surface area (Å²) in [6, 6.07) is 17.2. The van der Waals surface area contributed by atoms with Gasteiger partial charge in [-0.2, -0.15) is 0 Å². The van der Waals surface area contributed by atoms with E-state index in [4.69, 9.17) is 0 Å². The molecule has 12 N–H and O–H groups in total. The SMILES string of the molecule is CCCC(N[C@@H](O)C(C)CS(C)(=O)=O)C(O)C(=O)NC[C@@H](O)N[C@H](C)c1ccccc1.CCCC(N[C@@H](O)C(C)CS(C)(=O)=O)C(O)C(=O)NC[C@@H](O)N[C@H](C)c1ccccc1. The van der Waals surface area contributed by atoms with Crippen molar-refractivity contribution in [2.24, 2.45) is 11.8 Å². The minimum atomic E-state index is -3.28. The Labute approximate surface area is 368 Å². The zero-order valence-corrected chi connectivity index (χ0v) is 38.9. The summed E-state index contributed by atoms with van der Waals surface area (Å²) in [7, 11) is -6.56. The van der Waals surface area contributed by atoms with E-state index in [1.807, 2.05) is 88.4 Å². The maximum Gasteiger partial charge on any atom is 0.250 e. The van der Waals surface area contributed by atoms with Crippen molar-refractivity contribution in [3.63, 3.8) is 0 Å². The number of carbonyl (C=O) groups is 2. The average Bonchev–Trinajstić information content (AvgIpc) is 3.20. The van der Waals surface area contributed by atoms with Crippen molar-refractivity contribution in [1.29, 1.82) is 0 Å². The molecule has 0 aliphatic heterocycles. The first-order valence-corrected chi connectivity index (χ1v) is 25.1. The van der Waals surface area contributed by atoms with Crippen LogP contribution in [-0.4, -0.2) is 146 Å². The number of nitrogens with one attached hydrogen (secondary N) is 6. The quantitative estimate of drug-likeness (QED) is 0.0492. The molecule has 12 atom stereocenters. The number of aliphatic hydroxyl groups excluding tert-OH is 6. The third-order valence-electron chi connectivity index (χ3n) is 9.90. The predicted molar refractivity (Wildman–Crippen MR) is 239 cm³/mol. The van der Waals surface area contributed by atoms with Crippen LogP contribution in [0.4, 0.5) is 0 Å². The van der Waals surface area contributed by atoms with Gasteiger partial charge in [-0.05, 0) is 37.8 Å². The van der Waals surface area contributed by atoms with Crippen molar-refractivity contribution < 1.29 is 57.1 Å². The molecular weight excluding hydrogens is 845 g/mol. The minimum absolute atomic E-state index is 0.112. The maximum atomic E-state index is 12.4. The average molecular weight is 919 g/mol. The van der Waals surface area contributed by atoms with E-state index in [2.05, 4.69) is 31.9 Å². The van der Waals surface area contributed by atoms with Gasteiger partial charge < -0.3 is 41.3 Å². The molecule has 2 aromatic carbocycles. The molecular formula is C42H74N6O12S2. The molecule has 0 spiro atoms. The second-order valence-electron chi connectivity index (χ2n) is 16.2. The Morgan fingerprint density at radius 1 is 0.532 bits per heavy atom. The molecule has 0 saturated carbocycles. The number of rotatable bonds is 28. The summed E-state index contributed by atoms with van der Waals surface area (Å²) in [6.45, 7) is 10.4. The standard InChI is InChI=1S/2C21H37N3O6S/c2*1-5-9-17(24-20(27)14(2)13-31(4,29)30)19(26)21(28)22-12-18(25)23-15(3)16-10-7-6-8-11-16/h2*6-8,10-11,14-15,17-20,23-27H,5,9,12-13H2,1-4H3,(H,22,28)/t2*14?,15-,17?,18-,19?,20+/m11/s1. The van der Waals surface area contributed by atoms with Crippen LogP contribution in [0.2, 0.25) is 0 Å². The van der Waals surface area contributed by atoms with Crippen LogP contribution < -0.4 is 31.9 Å². The largest absolute Gasteiger partial charge is 0.382 e. The lowest BCUT2D eigenvalue weighted by molar-refractivity contribution is -0.132. The van der Waals surface area contributed by atoms with Crippen LogP contribution in [0.15, 0.2) is 60.7 Å². The number of carbonyl (C=O) groups excluding carboxylic acids is 2. The Kier molecular flexibility index (Phi) is 26.3. The molecule has 0 aliphatic rings. The predicted octanol–water partition coefficient (Wildman–Crippen LogP) is -0.220. The Balaban J connectivity index is 0.000000620. The van der Waals surface area contributed by atoms with Gasteiger partial charge in [0, 0.05) is 48.5 Å². The highest BCUT2D eigenvalue weighted by atomic mass is 32.2. The van der Waals surface area contributed by atoms with E-state index in [0.29, 0.717) is 25.7 Å². The Morgan fingerprint density at radius 3 is 1.11 bits per heavy atom. The third kappa shape index (κ3) is 23.5. The molecule has 0 aliphatic carbocycles. The van der Waals surface area contributed by atoms with Gasteiger partial charge >= 0.3 is 0 Å². The number of hydrogen-bond donors (Lipinski definition) is 12. The Bertz CT molecular complexity index is 1650. The van der Waals surface area contributed by atoms with Crippen LogP contribution >= 0.6 is 0 Å². The van der Waals surface area contributed by atoms with Crippen molar-refractivity contribution >= 4 is 31.5 Å². The van der Waals surface area contributed by atoms with E-state index in [1.54, 1.807) is 13.8 Å². The molecule has 0 bridgehead atoms. The van der Waals surface area contributed by atoms with E-state index in [0.717, 1.165) is 23.6 Å². The molecule has 2 amide bonds. The first-order chi connectivity index (χ1) is 28.9. The number of aliphatic hydroxyl groups is 6. The van der Waals surface area contributed by atoms with Crippen LogP contribution in [-0.2, 0) is 29.3 Å². The Hall–Kier alpha value is -3.12. The monoisotopic (exact) mass is 918 g/mol. The van der Waals surface area contributed by atoms with Crippen molar-refractivity contribution in [1.82, 2.24) is 31.9 Å². The molecule has 0 fully saturated rings. The Morgan fingerprint density at radius 2 is 0.839 bits per heavy atom. The third-order valence-corrected chi connectivity index (χ3v) is 12.2. The molecule has 6 unspecified atom stereocenters. The van der Waals surface area contributed by atoms with E-state index in [1.165, 1.54) is 0 Å². The molecule has 18 nitrogen and oxygen atoms in total. The lowest BCUT2D eigenvalue weighted by atomic mass is 10.0. The van der Waals surface area contributed by atoms with Gasteiger partial charge in [0.2, 0.25) is 0 Å². The smallest absolute Gasteiger partial charge is 0.250 e. The second-order valence-corrected chi connectivity index (χ2v) is 20.5. The summed E-state index contributed by atoms with van der Waals surface area (Å²) in [5, 5.41) is 78.2. The van der Waals surface area contributed by atoms with Crippen molar-refractivity contribution in [2.45, 2.75) is 129 Å². The topological polar surface area (TPSA) is 296 Å². The zero-order chi connectivity index (χ0) is 47.2. The number of hydrogen-bond acceptors (Lipinski definition) is 16. The molecule has 2 rings (SSSR count). The van der Waals surface area contributed by atoms with Crippen LogP contribution in [0.3, 0.4) is 0 Å². The highest BCUT2D eigenvalue weighted by molar-refractivity contribution is 7.90. The summed E-state index contributed by atoms with van der Waals surface area (Å²) >= 11 is 0. The molecule has 2 aromatic rings. The van der Waals surface area contributed by atoms with Gasteiger partial charge in [-0.25, -0.2) is 16.8 Å². The van der Waals surface area contributed by atoms with Crippen LogP contribution in [0.1, 0.15) is 90.4 Å². The molecule has 0 aromatic heterocycles. The highest BCUT2D eigenvalue weighted by Gasteiger charge is 2.31. The second kappa shape index (κ2) is 28.6. The summed E-state index contributed by atoms with van der Waals surface area (Å²) < 4.78 is 45.7. The van der Waals surface area contributed by atoms with E-state index in [9.17, 15) is 57.1 Å². The van der Waals surface area contributed by atoms with Crippen LogP contribution in [0.5, 0.6) is 0 Å². The molecule has 20 heteroatoms. The van der Waals surface area contributed by atoms with E-state index in [-0.39, 0.29) is 36.7 Å². The van der Waals surface area contributed by atoms with Crippen LogP contribution in [0.25, 0.3) is 0 Å².